The van der Waals surface area contributed by atoms with Crippen LogP contribution in [-0.2, 0) is 11.8 Å². The number of nitrogens with zero attached hydrogens (tertiary/aromatic N) is 4. The number of amides is 1. The number of thioether (sulfide) groups is 1. The number of rotatable bonds is 6. The van der Waals surface area contributed by atoms with Crippen LogP contribution in [0.4, 0.5) is 5.69 Å². The van der Waals surface area contributed by atoms with Crippen LogP contribution in [0.15, 0.2) is 88.8 Å². The van der Waals surface area contributed by atoms with Crippen molar-refractivity contribution in [2.45, 2.75) is 19.0 Å². The van der Waals surface area contributed by atoms with Crippen LogP contribution in [0.2, 0.25) is 0 Å². The van der Waals surface area contributed by atoms with Crippen LogP contribution in [0.25, 0.3) is 22.4 Å². The Hall–Kier alpha value is -4.04. The first-order valence-electron chi connectivity index (χ1n) is 11.3. The lowest BCUT2D eigenvalue weighted by Crippen LogP contribution is -2.23. The summed E-state index contributed by atoms with van der Waals surface area (Å²) in [5, 5.41) is 3.55. The fourth-order valence-electron chi connectivity index (χ4n) is 4.14. The lowest BCUT2D eigenvalue weighted by atomic mass is 10.2. The fourth-order valence-corrected chi connectivity index (χ4v) is 4.96. The van der Waals surface area contributed by atoms with Crippen molar-refractivity contribution >= 4 is 34.4 Å². The predicted molar refractivity (Wildman–Crippen MR) is 141 cm³/mol. The molecular weight excluding hydrogens is 458 g/mol. The van der Waals surface area contributed by atoms with Crippen LogP contribution in [-0.4, -0.2) is 30.6 Å². The molecule has 0 spiro atoms. The van der Waals surface area contributed by atoms with Crippen molar-refractivity contribution < 1.29 is 4.79 Å². The number of benzene rings is 3. The Kier molecular flexibility index (Phi) is 6.05. The average molecular weight is 484 g/mol. The van der Waals surface area contributed by atoms with Crippen LogP contribution in [0.1, 0.15) is 11.3 Å². The van der Waals surface area contributed by atoms with Crippen LogP contribution >= 0.6 is 11.8 Å². The van der Waals surface area contributed by atoms with Gasteiger partial charge in [0.05, 0.1) is 28.2 Å². The summed E-state index contributed by atoms with van der Waals surface area (Å²) in [5.41, 5.74) is 5.42. The standard InChI is InChI=1S/C27H25N5O2S/c1-18-10-9-13-21(16-18)31-23-15-8-7-14-22(23)28-27(31)35-17-24(33)29-25-19(2)30(3)32(26(25)34)20-11-5-4-6-12-20/h4-16H,17H2,1-3H3,(H,29,33). The maximum atomic E-state index is 13.1. The number of imidazole rings is 1. The number of fused-ring (bicyclic) bond motifs is 1. The van der Waals surface area contributed by atoms with E-state index in [4.69, 9.17) is 4.98 Å². The van der Waals surface area contributed by atoms with Gasteiger partial charge in [0, 0.05) is 12.7 Å². The first-order chi connectivity index (χ1) is 16.9. The molecule has 1 amide bonds. The molecule has 5 rings (SSSR count). The van der Waals surface area contributed by atoms with Gasteiger partial charge in [0.25, 0.3) is 5.56 Å². The minimum absolute atomic E-state index is 0.119. The van der Waals surface area contributed by atoms with Gasteiger partial charge in [-0.3, -0.25) is 18.8 Å². The first-order valence-corrected chi connectivity index (χ1v) is 12.2. The molecule has 0 aliphatic heterocycles. The molecule has 0 saturated heterocycles. The number of hydrogen-bond acceptors (Lipinski definition) is 4. The second-order valence-corrected chi connectivity index (χ2v) is 9.27. The quantitative estimate of drug-likeness (QED) is 0.350. The number of hydrogen-bond donors (Lipinski definition) is 1. The zero-order valence-electron chi connectivity index (χ0n) is 19.7. The Morgan fingerprint density at radius 1 is 0.943 bits per heavy atom. The number of carbonyl (C=O) groups is 1. The molecule has 0 radical (unpaired) electrons. The van der Waals surface area contributed by atoms with E-state index in [1.807, 2.05) is 86.6 Å². The van der Waals surface area contributed by atoms with Gasteiger partial charge < -0.3 is 5.32 Å². The van der Waals surface area contributed by atoms with Crippen molar-refractivity contribution in [2.24, 2.45) is 7.05 Å². The largest absolute Gasteiger partial charge is 0.319 e. The third kappa shape index (κ3) is 4.28. The van der Waals surface area contributed by atoms with Crippen molar-refractivity contribution in [3.8, 4) is 11.4 Å². The fraction of sp³-hybridized carbons (Fsp3) is 0.148. The minimum atomic E-state index is -0.262. The van der Waals surface area contributed by atoms with Gasteiger partial charge in [-0.1, -0.05) is 54.2 Å². The number of aromatic nitrogens is 4. The van der Waals surface area contributed by atoms with Gasteiger partial charge in [-0.15, -0.1) is 0 Å². The third-order valence-electron chi connectivity index (χ3n) is 5.94. The van der Waals surface area contributed by atoms with Gasteiger partial charge in [0.1, 0.15) is 5.69 Å². The van der Waals surface area contributed by atoms with Crippen molar-refractivity contribution in [2.75, 3.05) is 11.1 Å². The number of carbonyl (C=O) groups excluding carboxylic acids is 1. The molecule has 7 nitrogen and oxygen atoms in total. The molecule has 5 aromatic rings. The normalized spacial score (nSPS) is 11.2. The van der Waals surface area contributed by atoms with Crippen LogP contribution in [0.5, 0.6) is 0 Å². The van der Waals surface area contributed by atoms with Gasteiger partial charge in [0.2, 0.25) is 5.91 Å². The zero-order valence-corrected chi connectivity index (χ0v) is 20.5. The maximum absolute atomic E-state index is 13.1. The SMILES string of the molecule is Cc1cccc(-n2c(SCC(=O)Nc3c(C)n(C)n(-c4ccccc4)c3=O)nc3ccccc32)c1. The van der Waals surface area contributed by atoms with Crippen LogP contribution in [0.3, 0.4) is 0 Å². The molecule has 0 fully saturated rings. The van der Waals surface area contributed by atoms with E-state index in [9.17, 15) is 9.59 Å². The monoisotopic (exact) mass is 483 g/mol. The molecule has 0 unspecified atom stereocenters. The van der Waals surface area contributed by atoms with Crippen LogP contribution in [0, 0.1) is 13.8 Å². The van der Waals surface area contributed by atoms with E-state index in [1.165, 1.54) is 11.8 Å². The molecule has 0 aliphatic rings. The smallest absolute Gasteiger partial charge is 0.295 e. The summed E-state index contributed by atoms with van der Waals surface area (Å²) in [5.74, 6) is -0.141. The molecule has 0 atom stereocenters. The van der Waals surface area contributed by atoms with E-state index in [1.54, 1.807) is 16.4 Å². The lowest BCUT2D eigenvalue weighted by Gasteiger charge is -2.10. The molecule has 8 heteroatoms. The minimum Gasteiger partial charge on any atom is -0.319 e. The molecule has 0 saturated carbocycles. The summed E-state index contributed by atoms with van der Waals surface area (Å²) in [7, 11) is 1.80. The second-order valence-electron chi connectivity index (χ2n) is 8.33. The third-order valence-corrected chi connectivity index (χ3v) is 6.88. The molecule has 2 heterocycles. The Morgan fingerprint density at radius 2 is 1.66 bits per heavy atom. The van der Waals surface area contributed by atoms with Crippen molar-refractivity contribution in [1.29, 1.82) is 0 Å². The predicted octanol–water partition coefficient (Wildman–Crippen LogP) is 4.86. The Labute approximate surface area is 207 Å². The highest BCUT2D eigenvalue weighted by molar-refractivity contribution is 7.99. The number of anilines is 1. The average Bonchev–Trinajstić information content (AvgIpc) is 3.33. The Balaban J connectivity index is 1.41. The molecule has 0 aliphatic carbocycles. The summed E-state index contributed by atoms with van der Waals surface area (Å²) in [4.78, 5) is 30.8. The Bertz CT molecular complexity index is 1600. The topological polar surface area (TPSA) is 73.8 Å². The van der Waals surface area contributed by atoms with Gasteiger partial charge in [-0.2, -0.15) is 0 Å². The molecule has 2 aromatic heterocycles. The number of nitrogens with one attached hydrogen (secondary N) is 1. The second kappa shape index (κ2) is 9.31. The van der Waals surface area contributed by atoms with E-state index in [0.29, 0.717) is 5.69 Å². The summed E-state index contributed by atoms with van der Waals surface area (Å²) in [6.45, 7) is 3.87. The highest BCUT2D eigenvalue weighted by atomic mass is 32.2. The number of aryl methyl sites for hydroxylation is 1. The molecule has 1 N–H and O–H groups in total. The van der Waals surface area contributed by atoms with Gasteiger partial charge in [0.15, 0.2) is 5.16 Å². The van der Waals surface area contributed by atoms with E-state index in [0.717, 1.165) is 33.1 Å². The van der Waals surface area contributed by atoms with Gasteiger partial charge in [-0.25, -0.2) is 9.67 Å². The number of para-hydroxylation sites is 3. The van der Waals surface area contributed by atoms with Crippen molar-refractivity contribution in [1.82, 2.24) is 18.9 Å². The van der Waals surface area contributed by atoms with E-state index < -0.39 is 0 Å². The maximum Gasteiger partial charge on any atom is 0.295 e. The highest BCUT2D eigenvalue weighted by Gasteiger charge is 2.19. The van der Waals surface area contributed by atoms with Gasteiger partial charge >= 0.3 is 0 Å². The van der Waals surface area contributed by atoms with E-state index in [2.05, 4.69) is 16.0 Å². The summed E-state index contributed by atoms with van der Waals surface area (Å²) >= 11 is 1.34. The van der Waals surface area contributed by atoms with E-state index in [-0.39, 0.29) is 22.9 Å². The molecule has 176 valence electrons. The molecule has 35 heavy (non-hydrogen) atoms. The molecular formula is C27H25N5O2S. The zero-order chi connectivity index (χ0) is 24.5. The summed E-state index contributed by atoms with van der Waals surface area (Å²) in [6, 6.07) is 25.5. The first kappa shape index (κ1) is 22.7. The van der Waals surface area contributed by atoms with Crippen molar-refractivity contribution in [3.05, 3.63) is 100 Å². The highest BCUT2D eigenvalue weighted by Crippen LogP contribution is 2.28. The summed E-state index contributed by atoms with van der Waals surface area (Å²) < 4.78 is 5.36. The molecule has 0 bridgehead atoms. The lowest BCUT2D eigenvalue weighted by molar-refractivity contribution is -0.113. The summed E-state index contributed by atoms with van der Waals surface area (Å²) in [6.07, 6.45) is 0. The van der Waals surface area contributed by atoms with E-state index >= 15 is 0 Å². The van der Waals surface area contributed by atoms with Crippen LogP contribution < -0.4 is 10.9 Å². The molecule has 3 aromatic carbocycles. The van der Waals surface area contributed by atoms with Crippen molar-refractivity contribution in [3.63, 3.8) is 0 Å². The Morgan fingerprint density at radius 3 is 2.43 bits per heavy atom. The van der Waals surface area contributed by atoms with Gasteiger partial charge in [-0.05, 0) is 55.8 Å².